The van der Waals surface area contributed by atoms with E-state index in [1.54, 1.807) is 6.20 Å². The van der Waals surface area contributed by atoms with Crippen LogP contribution in [0.15, 0.2) is 79.1 Å². The molecule has 4 heterocycles. The number of hydrogen-bond donors (Lipinski definition) is 0. The molecule has 6 heteroatoms. The predicted octanol–water partition coefficient (Wildman–Crippen LogP) is 4.15. The van der Waals surface area contributed by atoms with Gasteiger partial charge in [-0.05, 0) is 35.9 Å². The SMILES string of the molecule is O=C1c2c(cccc2N2CCN(c3cccnc3)CC2)CN1CCc1ccc2ccccc2n1. The monoisotopic (exact) mass is 449 g/mol. The van der Waals surface area contributed by atoms with E-state index in [9.17, 15) is 4.79 Å². The summed E-state index contributed by atoms with van der Waals surface area (Å²) in [5.41, 5.74) is 6.26. The van der Waals surface area contributed by atoms with Crippen molar-refractivity contribution in [1.82, 2.24) is 14.9 Å². The number of anilines is 2. The average Bonchev–Trinajstić information content (AvgIpc) is 3.23. The third kappa shape index (κ3) is 3.85. The zero-order valence-corrected chi connectivity index (χ0v) is 19.1. The number of piperazine rings is 1. The number of fused-ring (bicyclic) bond motifs is 2. The summed E-state index contributed by atoms with van der Waals surface area (Å²) in [6, 6.07) is 22.7. The van der Waals surface area contributed by atoms with Crippen molar-refractivity contribution in [2.24, 2.45) is 0 Å². The van der Waals surface area contributed by atoms with Crippen LogP contribution in [0.2, 0.25) is 0 Å². The second-order valence-corrected chi connectivity index (χ2v) is 8.97. The number of carbonyl (C=O) groups is 1. The van der Waals surface area contributed by atoms with Gasteiger partial charge in [0.2, 0.25) is 0 Å². The van der Waals surface area contributed by atoms with Gasteiger partial charge in [-0.25, -0.2) is 0 Å². The highest BCUT2D eigenvalue weighted by molar-refractivity contribution is 6.03. The standard InChI is InChI=1S/C28H27N5O/c34-28-27-22(20-33(28)14-12-23-11-10-21-5-1-2-8-25(21)30-23)6-3-9-26(27)32-17-15-31(16-18-32)24-7-4-13-29-19-24/h1-11,13,19H,12,14-18,20H2. The van der Waals surface area contributed by atoms with Gasteiger partial charge >= 0.3 is 0 Å². The van der Waals surface area contributed by atoms with E-state index in [-0.39, 0.29) is 5.91 Å². The molecule has 0 N–H and O–H groups in total. The first-order valence-corrected chi connectivity index (χ1v) is 11.9. The van der Waals surface area contributed by atoms with Crippen LogP contribution in [0, 0.1) is 0 Å². The van der Waals surface area contributed by atoms with Crippen LogP contribution >= 0.6 is 0 Å². The Morgan fingerprint density at radius 1 is 0.824 bits per heavy atom. The molecule has 0 bridgehead atoms. The molecule has 4 aromatic rings. The van der Waals surface area contributed by atoms with Crippen LogP contribution in [0.5, 0.6) is 0 Å². The summed E-state index contributed by atoms with van der Waals surface area (Å²) >= 11 is 0. The Hall–Kier alpha value is -3.93. The van der Waals surface area contributed by atoms with Crippen molar-refractivity contribution in [3.63, 3.8) is 0 Å². The number of aromatic nitrogens is 2. The molecule has 170 valence electrons. The maximum Gasteiger partial charge on any atom is 0.256 e. The fourth-order valence-corrected chi connectivity index (χ4v) is 5.09. The Labute approximate surface area is 199 Å². The molecule has 0 radical (unpaired) electrons. The van der Waals surface area contributed by atoms with Gasteiger partial charge in [0.1, 0.15) is 0 Å². The maximum absolute atomic E-state index is 13.4. The Balaban J connectivity index is 1.15. The number of para-hydroxylation sites is 1. The lowest BCUT2D eigenvalue weighted by atomic mass is 10.1. The minimum absolute atomic E-state index is 0.140. The number of amides is 1. The summed E-state index contributed by atoms with van der Waals surface area (Å²) in [7, 11) is 0. The fraction of sp³-hybridized carbons (Fsp3) is 0.250. The van der Waals surface area contributed by atoms with Crippen molar-refractivity contribution in [3.05, 3.63) is 95.9 Å². The largest absolute Gasteiger partial charge is 0.367 e. The predicted molar refractivity (Wildman–Crippen MR) is 135 cm³/mol. The number of carbonyl (C=O) groups excluding carboxylic acids is 1. The number of benzene rings is 2. The van der Waals surface area contributed by atoms with Crippen LogP contribution in [-0.4, -0.2) is 53.5 Å². The first kappa shape index (κ1) is 20.7. The van der Waals surface area contributed by atoms with E-state index >= 15 is 0 Å². The highest BCUT2D eigenvalue weighted by atomic mass is 16.2. The molecule has 0 aliphatic carbocycles. The number of rotatable bonds is 5. The number of hydrogen-bond acceptors (Lipinski definition) is 5. The molecule has 6 rings (SSSR count). The normalized spacial score (nSPS) is 15.8. The molecule has 1 fully saturated rings. The van der Waals surface area contributed by atoms with E-state index in [4.69, 9.17) is 4.98 Å². The van der Waals surface area contributed by atoms with Crippen LogP contribution in [0.3, 0.4) is 0 Å². The van der Waals surface area contributed by atoms with Crippen molar-refractivity contribution >= 4 is 28.2 Å². The first-order valence-electron chi connectivity index (χ1n) is 11.9. The highest BCUT2D eigenvalue weighted by Gasteiger charge is 2.32. The molecule has 6 nitrogen and oxygen atoms in total. The summed E-state index contributed by atoms with van der Waals surface area (Å²) in [5, 5.41) is 1.14. The van der Waals surface area contributed by atoms with Crippen LogP contribution in [0.1, 0.15) is 21.6 Å². The van der Waals surface area contributed by atoms with E-state index in [2.05, 4.69) is 57.2 Å². The van der Waals surface area contributed by atoms with Gasteiger partial charge in [-0.15, -0.1) is 0 Å². The molecule has 0 atom stereocenters. The van der Waals surface area contributed by atoms with Gasteiger partial charge < -0.3 is 14.7 Å². The van der Waals surface area contributed by atoms with Gasteiger partial charge in [0, 0.05) is 68.7 Å². The van der Waals surface area contributed by atoms with Gasteiger partial charge in [-0.1, -0.05) is 36.4 Å². The van der Waals surface area contributed by atoms with E-state index in [1.165, 1.54) is 0 Å². The fourth-order valence-electron chi connectivity index (χ4n) is 5.09. The van der Waals surface area contributed by atoms with Crippen LogP contribution in [0.4, 0.5) is 11.4 Å². The minimum atomic E-state index is 0.140. The van der Waals surface area contributed by atoms with Gasteiger partial charge in [-0.3, -0.25) is 14.8 Å². The van der Waals surface area contributed by atoms with Crippen LogP contribution in [-0.2, 0) is 13.0 Å². The molecule has 0 unspecified atom stereocenters. The van der Waals surface area contributed by atoms with Crippen molar-refractivity contribution in [2.45, 2.75) is 13.0 Å². The van der Waals surface area contributed by atoms with Gasteiger partial charge in [0.25, 0.3) is 5.91 Å². The number of nitrogens with zero attached hydrogens (tertiary/aromatic N) is 5. The summed E-state index contributed by atoms with van der Waals surface area (Å²) in [6.07, 6.45) is 4.48. The molecule has 2 aliphatic rings. The zero-order valence-electron chi connectivity index (χ0n) is 19.1. The number of pyridine rings is 2. The summed E-state index contributed by atoms with van der Waals surface area (Å²) in [6.45, 7) is 4.96. The maximum atomic E-state index is 13.4. The quantitative estimate of drug-likeness (QED) is 0.458. The van der Waals surface area contributed by atoms with Gasteiger partial charge in [0.05, 0.1) is 23.0 Å². The van der Waals surface area contributed by atoms with Gasteiger partial charge in [-0.2, -0.15) is 0 Å². The first-order chi connectivity index (χ1) is 16.8. The Kier molecular flexibility index (Phi) is 5.34. The lowest BCUT2D eigenvalue weighted by Crippen LogP contribution is -2.47. The Morgan fingerprint density at radius 2 is 1.68 bits per heavy atom. The molecule has 2 aromatic carbocycles. The third-order valence-corrected chi connectivity index (χ3v) is 6.92. The molecule has 34 heavy (non-hydrogen) atoms. The topological polar surface area (TPSA) is 52.6 Å². The summed E-state index contributed by atoms with van der Waals surface area (Å²) < 4.78 is 0. The van der Waals surface area contributed by atoms with Crippen molar-refractivity contribution in [3.8, 4) is 0 Å². The van der Waals surface area contributed by atoms with Crippen molar-refractivity contribution < 1.29 is 4.79 Å². The molecule has 1 amide bonds. The molecule has 0 spiro atoms. The Morgan fingerprint density at radius 3 is 2.53 bits per heavy atom. The molecule has 2 aliphatic heterocycles. The van der Waals surface area contributed by atoms with E-state index in [0.29, 0.717) is 13.1 Å². The second-order valence-electron chi connectivity index (χ2n) is 8.97. The second kappa shape index (κ2) is 8.78. The average molecular weight is 450 g/mol. The molecule has 2 aromatic heterocycles. The molecular formula is C28H27N5O. The van der Waals surface area contributed by atoms with Gasteiger partial charge in [0.15, 0.2) is 0 Å². The van der Waals surface area contributed by atoms with Crippen molar-refractivity contribution in [1.29, 1.82) is 0 Å². The van der Waals surface area contributed by atoms with Crippen LogP contribution < -0.4 is 9.80 Å². The smallest absolute Gasteiger partial charge is 0.256 e. The highest BCUT2D eigenvalue weighted by Crippen LogP contribution is 2.33. The van der Waals surface area contributed by atoms with E-state index < -0.39 is 0 Å². The lowest BCUT2D eigenvalue weighted by molar-refractivity contribution is 0.0780. The molecule has 1 saturated heterocycles. The zero-order chi connectivity index (χ0) is 22.9. The molecule has 0 saturated carbocycles. The lowest BCUT2D eigenvalue weighted by Gasteiger charge is -2.37. The summed E-state index contributed by atoms with van der Waals surface area (Å²) in [5.74, 6) is 0.140. The summed E-state index contributed by atoms with van der Waals surface area (Å²) in [4.78, 5) is 29.2. The van der Waals surface area contributed by atoms with Crippen molar-refractivity contribution in [2.75, 3.05) is 42.5 Å². The molecular weight excluding hydrogens is 422 g/mol. The van der Waals surface area contributed by atoms with E-state index in [0.717, 1.165) is 71.7 Å². The third-order valence-electron chi connectivity index (χ3n) is 6.92. The van der Waals surface area contributed by atoms with E-state index in [1.807, 2.05) is 35.4 Å². The Bertz CT molecular complexity index is 1330. The minimum Gasteiger partial charge on any atom is -0.367 e. The van der Waals surface area contributed by atoms with Crippen LogP contribution in [0.25, 0.3) is 10.9 Å².